The number of hydrogen-bond donors (Lipinski definition) is 0. The van der Waals surface area contributed by atoms with Crippen LogP contribution in [0.5, 0.6) is 0 Å². The second-order valence-electron chi connectivity index (χ2n) is 7.31. The number of rotatable bonds is 0. The van der Waals surface area contributed by atoms with E-state index in [1.807, 2.05) is 0 Å². The van der Waals surface area contributed by atoms with Gasteiger partial charge in [0.05, 0.1) is 0 Å². The third kappa shape index (κ3) is 0.746. The molecule has 5 aliphatic rings. The number of fused-ring (bicyclic) bond motifs is 1. The maximum absolute atomic E-state index is 2.63. The van der Waals surface area contributed by atoms with Crippen LogP contribution in [-0.2, 0) is 0 Å². The van der Waals surface area contributed by atoms with Crippen LogP contribution >= 0.6 is 0 Å². The molecule has 0 aromatic carbocycles. The first kappa shape index (κ1) is 9.07. The van der Waals surface area contributed by atoms with Crippen LogP contribution in [0.2, 0.25) is 0 Å². The Morgan fingerprint density at radius 1 is 0.933 bits per heavy atom. The van der Waals surface area contributed by atoms with Crippen molar-refractivity contribution in [2.75, 3.05) is 0 Å². The molecule has 0 radical (unpaired) electrons. The highest BCUT2D eigenvalue weighted by Crippen LogP contribution is 2.89. The van der Waals surface area contributed by atoms with Crippen molar-refractivity contribution in [3.63, 3.8) is 0 Å². The van der Waals surface area contributed by atoms with Gasteiger partial charge in [0, 0.05) is 0 Å². The van der Waals surface area contributed by atoms with Crippen LogP contribution < -0.4 is 0 Å². The average Bonchev–Trinajstić information content (AvgIpc) is 2.70. The van der Waals surface area contributed by atoms with Crippen LogP contribution in [0, 0.1) is 22.2 Å². The summed E-state index contributed by atoms with van der Waals surface area (Å²) in [4.78, 5) is 0. The number of hydrogen-bond acceptors (Lipinski definition) is 0. The van der Waals surface area contributed by atoms with Gasteiger partial charge in [-0.2, -0.15) is 0 Å². The van der Waals surface area contributed by atoms with Crippen molar-refractivity contribution in [1.82, 2.24) is 0 Å². The monoisotopic (exact) mass is 204 g/mol. The zero-order valence-electron chi connectivity index (χ0n) is 10.1. The highest BCUT2D eigenvalue weighted by Gasteiger charge is 2.81. The van der Waals surface area contributed by atoms with Gasteiger partial charge in [-0.1, -0.05) is 32.6 Å². The molecule has 84 valence electrons. The summed E-state index contributed by atoms with van der Waals surface area (Å²) in [5.74, 6) is 1.14. The molecule has 0 saturated heterocycles. The van der Waals surface area contributed by atoms with E-state index in [0.29, 0.717) is 0 Å². The fourth-order valence-corrected chi connectivity index (χ4v) is 6.59. The van der Waals surface area contributed by atoms with E-state index in [9.17, 15) is 0 Å². The second kappa shape index (κ2) is 2.46. The summed E-state index contributed by atoms with van der Waals surface area (Å²) in [6.45, 7) is 2.63. The van der Waals surface area contributed by atoms with Crippen LogP contribution in [0.25, 0.3) is 0 Å². The van der Waals surface area contributed by atoms with Crippen molar-refractivity contribution in [2.45, 2.75) is 71.1 Å². The lowest BCUT2D eigenvalue weighted by atomic mass is 9.27. The predicted molar refractivity (Wildman–Crippen MR) is 62.6 cm³/mol. The SMILES string of the molecule is CC12CC3(CCCCCC3)C13CCC2C3. The van der Waals surface area contributed by atoms with Crippen molar-refractivity contribution < 1.29 is 0 Å². The van der Waals surface area contributed by atoms with Crippen LogP contribution in [-0.4, -0.2) is 0 Å². The van der Waals surface area contributed by atoms with Crippen molar-refractivity contribution in [3.05, 3.63) is 0 Å². The molecule has 0 nitrogen and oxygen atoms in total. The molecular weight excluding hydrogens is 180 g/mol. The van der Waals surface area contributed by atoms with Gasteiger partial charge in [0.1, 0.15) is 0 Å². The van der Waals surface area contributed by atoms with Gasteiger partial charge in [-0.3, -0.25) is 0 Å². The van der Waals surface area contributed by atoms with Gasteiger partial charge in [-0.25, -0.2) is 0 Å². The standard InChI is InChI=1S/C15H24/c1-13-11-14(7-4-2-3-5-8-14)15(13)9-6-12(13)10-15/h12H,2-11H2,1H3. The molecule has 15 heavy (non-hydrogen) atoms. The zero-order valence-corrected chi connectivity index (χ0v) is 10.1. The summed E-state index contributed by atoms with van der Waals surface area (Å²) in [6, 6.07) is 0. The topological polar surface area (TPSA) is 0 Å². The Balaban J connectivity index is 1.69. The molecule has 2 bridgehead atoms. The molecule has 0 amide bonds. The van der Waals surface area contributed by atoms with Gasteiger partial charge in [0.2, 0.25) is 0 Å². The lowest BCUT2D eigenvalue weighted by Crippen LogP contribution is -2.70. The highest BCUT2D eigenvalue weighted by atomic mass is 14.8. The first-order chi connectivity index (χ1) is 7.23. The summed E-state index contributed by atoms with van der Waals surface area (Å²) in [5.41, 5.74) is 2.55. The molecule has 3 unspecified atom stereocenters. The molecule has 0 heterocycles. The van der Waals surface area contributed by atoms with E-state index in [-0.39, 0.29) is 0 Å². The molecule has 0 N–H and O–H groups in total. The lowest BCUT2D eigenvalue weighted by Gasteiger charge is -2.77. The Kier molecular flexibility index (Phi) is 1.49. The highest BCUT2D eigenvalue weighted by molar-refractivity contribution is 5.30. The van der Waals surface area contributed by atoms with E-state index in [0.717, 1.165) is 22.2 Å². The fourth-order valence-electron chi connectivity index (χ4n) is 6.59. The molecule has 5 rings (SSSR count). The Hall–Kier alpha value is 0. The van der Waals surface area contributed by atoms with Crippen molar-refractivity contribution >= 4 is 0 Å². The first-order valence-corrected chi connectivity index (χ1v) is 7.23. The Bertz CT molecular complexity index is 293. The lowest BCUT2D eigenvalue weighted by molar-refractivity contribution is -0.288. The van der Waals surface area contributed by atoms with Crippen molar-refractivity contribution in [2.24, 2.45) is 22.2 Å². The quantitative estimate of drug-likeness (QED) is 0.543. The van der Waals surface area contributed by atoms with Crippen molar-refractivity contribution in [1.29, 1.82) is 0 Å². The largest absolute Gasteiger partial charge is 0.0588 e. The second-order valence-corrected chi connectivity index (χ2v) is 7.31. The van der Waals surface area contributed by atoms with E-state index >= 15 is 0 Å². The predicted octanol–water partition coefficient (Wildman–Crippen LogP) is 4.54. The first-order valence-electron chi connectivity index (χ1n) is 7.23. The fraction of sp³-hybridized carbons (Fsp3) is 1.00. The van der Waals surface area contributed by atoms with Gasteiger partial charge in [0.25, 0.3) is 0 Å². The van der Waals surface area contributed by atoms with Gasteiger partial charge >= 0.3 is 0 Å². The Morgan fingerprint density at radius 2 is 1.67 bits per heavy atom. The molecule has 2 spiro atoms. The molecular formula is C15H24. The van der Waals surface area contributed by atoms with E-state index in [1.165, 1.54) is 12.8 Å². The van der Waals surface area contributed by atoms with E-state index in [1.54, 1.807) is 51.4 Å². The maximum Gasteiger partial charge on any atom is -0.0181 e. The molecule has 0 aromatic heterocycles. The smallest absolute Gasteiger partial charge is 0.0181 e. The summed E-state index contributed by atoms with van der Waals surface area (Å²) < 4.78 is 0. The van der Waals surface area contributed by atoms with Gasteiger partial charge < -0.3 is 0 Å². The molecule has 5 fully saturated rings. The molecule has 0 heteroatoms. The molecule has 0 aromatic rings. The third-order valence-corrected chi connectivity index (χ3v) is 7.29. The van der Waals surface area contributed by atoms with Crippen LogP contribution in [0.15, 0.2) is 0 Å². The summed E-state index contributed by atoms with van der Waals surface area (Å²) in [7, 11) is 0. The molecule has 0 aliphatic heterocycles. The summed E-state index contributed by atoms with van der Waals surface area (Å²) in [6.07, 6.45) is 15.8. The van der Waals surface area contributed by atoms with E-state index in [2.05, 4.69) is 6.92 Å². The molecule has 5 saturated carbocycles. The molecule has 5 aliphatic carbocycles. The van der Waals surface area contributed by atoms with Gasteiger partial charge in [-0.15, -0.1) is 0 Å². The minimum Gasteiger partial charge on any atom is -0.0588 e. The summed E-state index contributed by atoms with van der Waals surface area (Å²) in [5, 5.41) is 0. The van der Waals surface area contributed by atoms with Crippen LogP contribution in [0.4, 0.5) is 0 Å². The average molecular weight is 204 g/mol. The van der Waals surface area contributed by atoms with E-state index < -0.39 is 0 Å². The zero-order chi connectivity index (χ0) is 10.1. The maximum atomic E-state index is 2.63. The minimum atomic E-state index is 0.831. The normalized spacial score (nSPS) is 55.4. The summed E-state index contributed by atoms with van der Waals surface area (Å²) >= 11 is 0. The Morgan fingerprint density at radius 3 is 2.27 bits per heavy atom. The van der Waals surface area contributed by atoms with Crippen LogP contribution in [0.3, 0.4) is 0 Å². The minimum absolute atomic E-state index is 0.831. The van der Waals surface area contributed by atoms with Gasteiger partial charge in [-0.05, 0) is 60.7 Å². The molecule has 3 atom stereocenters. The van der Waals surface area contributed by atoms with Crippen LogP contribution in [0.1, 0.15) is 71.1 Å². The third-order valence-electron chi connectivity index (χ3n) is 7.29. The van der Waals surface area contributed by atoms with Gasteiger partial charge in [0.15, 0.2) is 0 Å². The van der Waals surface area contributed by atoms with E-state index in [4.69, 9.17) is 0 Å². The van der Waals surface area contributed by atoms with Crippen molar-refractivity contribution in [3.8, 4) is 0 Å². The Labute approximate surface area is 93.8 Å².